The van der Waals surface area contributed by atoms with E-state index in [-0.39, 0.29) is 0 Å². The average Bonchev–Trinajstić information content (AvgIpc) is 1.80. The molecule has 1 unspecified atom stereocenters. The van der Waals surface area contributed by atoms with Gasteiger partial charge >= 0.3 is 0 Å². The molecule has 0 rings (SSSR count). The number of hydrogen-bond donors (Lipinski definition) is 0. The summed E-state index contributed by atoms with van der Waals surface area (Å²) >= 11 is 3.32. The van der Waals surface area contributed by atoms with Crippen LogP contribution >= 0.6 is 15.9 Å². The van der Waals surface area contributed by atoms with Crippen LogP contribution in [-0.2, 0) is 0 Å². The first-order chi connectivity index (χ1) is 4.27. The van der Waals surface area contributed by atoms with Crippen LogP contribution in [0.3, 0.4) is 0 Å². The third-order valence-corrected chi connectivity index (χ3v) is 1.80. The molecule has 0 bridgehead atoms. The predicted molar refractivity (Wildman–Crippen MR) is 42.8 cm³/mol. The molecule has 1 atom stereocenters. The zero-order valence-corrected chi connectivity index (χ0v) is 7.45. The van der Waals surface area contributed by atoms with Gasteiger partial charge < -0.3 is 0 Å². The maximum absolute atomic E-state index is 12.1. The fourth-order valence-electron chi connectivity index (χ4n) is 0.697. The first kappa shape index (κ1) is 9.41. The summed E-state index contributed by atoms with van der Waals surface area (Å²) in [7, 11) is 0. The van der Waals surface area contributed by atoms with Crippen LogP contribution in [-0.4, -0.2) is 11.5 Å². The van der Waals surface area contributed by atoms with Gasteiger partial charge in [0.05, 0.1) is 6.17 Å². The Labute approximate surface area is 65.0 Å². The highest BCUT2D eigenvalue weighted by Crippen LogP contribution is 2.06. The van der Waals surface area contributed by atoms with Crippen molar-refractivity contribution < 1.29 is 4.39 Å². The number of halogens is 2. The highest BCUT2D eigenvalue weighted by molar-refractivity contribution is 9.09. The Bertz CT molecular complexity index is 54.9. The fourth-order valence-corrected chi connectivity index (χ4v) is 1.09. The molecule has 0 aromatic rings. The molecule has 0 heterocycles. The number of alkyl halides is 2. The molecule has 0 N–H and O–H groups in total. The molecule has 0 nitrogen and oxygen atoms in total. The van der Waals surface area contributed by atoms with Crippen LogP contribution in [0.5, 0.6) is 0 Å². The van der Waals surface area contributed by atoms with E-state index in [0.29, 0.717) is 0 Å². The molecule has 0 aliphatic rings. The summed E-state index contributed by atoms with van der Waals surface area (Å²) in [5, 5.41) is 1.05. The highest BCUT2D eigenvalue weighted by Gasteiger charge is 1.95. The van der Waals surface area contributed by atoms with E-state index in [0.717, 1.165) is 24.6 Å². The minimum Gasteiger partial charge on any atom is -0.248 e. The van der Waals surface area contributed by atoms with E-state index in [1.165, 1.54) is 6.42 Å². The second kappa shape index (κ2) is 6.53. The second-order valence-corrected chi connectivity index (χ2v) is 3.11. The third kappa shape index (κ3) is 8.41. The molecular weight excluding hydrogens is 183 g/mol. The molecule has 0 spiro atoms. The monoisotopic (exact) mass is 196 g/mol. The summed E-state index contributed by atoms with van der Waals surface area (Å²) in [6.45, 7) is 1.62. The Morgan fingerprint density at radius 1 is 1.33 bits per heavy atom. The second-order valence-electron chi connectivity index (χ2n) is 2.32. The van der Waals surface area contributed by atoms with Crippen molar-refractivity contribution in [3.05, 3.63) is 0 Å². The largest absolute Gasteiger partial charge is 0.248 e. The van der Waals surface area contributed by atoms with E-state index in [9.17, 15) is 4.39 Å². The van der Waals surface area contributed by atoms with Crippen LogP contribution in [0.4, 0.5) is 4.39 Å². The lowest BCUT2D eigenvalue weighted by Crippen LogP contribution is -1.91. The summed E-state index contributed by atoms with van der Waals surface area (Å²) in [5.41, 5.74) is 0. The van der Waals surface area contributed by atoms with Crippen molar-refractivity contribution in [3.8, 4) is 0 Å². The topological polar surface area (TPSA) is 0 Å². The third-order valence-electron chi connectivity index (χ3n) is 1.24. The molecule has 0 aliphatic heterocycles. The molecule has 2 heteroatoms. The van der Waals surface area contributed by atoms with E-state index >= 15 is 0 Å². The van der Waals surface area contributed by atoms with Gasteiger partial charge in [-0.1, -0.05) is 28.8 Å². The maximum Gasteiger partial charge on any atom is 0.0973 e. The smallest absolute Gasteiger partial charge is 0.0973 e. The molecule has 9 heavy (non-hydrogen) atoms. The number of rotatable bonds is 5. The molecule has 0 saturated heterocycles. The van der Waals surface area contributed by atoms with Crippen molar-refractivity contribution in [2.24, 2.45) is 0 Å². The van der Waals surface area contributed by atoms with E-state index in [1.54, 1.807) is 6.92 Å². The Kier molecular flexibility index (Phi) is 6.83. The molecule has 0 radical (unpaired) electrons. The molecule has 0 saturated carbocycles. The standard InChI is InChI=1S/C7H14BrF/c1-7(9)5-3-2-4-6-8/h7H,2-6H2,1H3. The lowest BCUT2D eigenvalue weighted by atomic mass is 10.1. The molecule has 0 aromatic heterocycles. The van der Waals surface area contributed by atoms with Crippen molar-refractivity contribution in [3.63, 3.8) is 0 Å². The summed E-state index contributed by atoms with van der Waals surface area (Å²) < 4.78 is 12.1. The summed E-state index contributed by atoms with van der Waals surface area (Å²) in [5.74, 6) is 0. The Balaban J connectivity index is 2.75. The Morgan fingerprint density at radius 3 is 2.44 bits per heavy atom. The summed E-state index contributed by atoms with van der Waals surface area (Å²) in [4.78, 5) is 0. The van der Waals surface area contributed by atoms with Crippen molar-refractivity contribution in [2.75, 3.05) is 5.33 Å². The number of hydrogen-bond acceptors (Lipinski definition) is 0. The van der Waals surface area contributed by atoms with Gasteiger partial charge in [-0.2, -0.15) is 0 Å². The molecule has 0 fully saturated rings. The van der Waals surface area contributed by atoms with Gasteiger partial charge in [-0.25, -0.2) is 4.39 Å². The van der Waals surface area contributed by atoms with Gasteiger partial charge in [0.25, 0.3) is 0 Å². The van der Waals surface area contributed by atoms with Gasteiger partial charge in [0, 0.05) is 5.33 Å². The van der Waals surface area contributed by atoms with Crippen molar-refractivity contribution in [1.29, 1.82) is 0 Å². The fraction of sp³-hybridized carbons (Fsp3) is 1.00. The van der Waals surface area contributed by atoms with Gasteiger partial charge in [-0.05, 0) is 19.8 Å². The highest BCUT2D eigenvalue weighted by atomic mass is 79.9. The molecule has 56 valence electrons. The van der Waals surface area contributed by atoms with Gasteiger partial charge in [-0.15, -0.1) is 0 Å². The van der Waals surface area contributed by atoms with Crippen molar-refractivity contribution in [1.82, 2.24) is 0 Å². The van der Waals surface area contributed by atoms with E-state index in [1.807, 2.05) is 0 Å². The van der Waals surface area contributed by atoms with Gasteiger partial charge in [0.15, 0.2) is 0 Å². The summed E-state index contributed by atoms with van der Waals surface area (Å²) in [6.07, 6.45) is 3.48. The molecule has 0 aliphatic carbocycles. The average molecular weight is 197 g/mol. The van der Waals surface area contributed by atoms with Crippen molar-refractivity contribution >= 4 is 15.9 Å². The van der Waals surface area contributed by atoms with Crippen LogP contribution in [0, 0.1) is 0 Å². The Morgan fingerprint density at radius 2 is 2.00 bits per heavy atom. The van der Waals surface area contributed by atoms with Crippen LogP contribution in [0.15, 0.2) is 0 Å². The van der Waals surface area contributed by atoms with E-state index < -0.39 is 6.17 Å². The summed E-state index contributed by atoms with van der Waals surface area (Å²) in [6, 6.07) is 0. The Hall–Kier alpha value is 0.410. The predicted octanol–water partition coefficient (Wildman–Crippen LogP) is 3.30. The van der Waals surface area contributed by atoms with Gasteiger partial charge in [0.1, 0.15) is 0 Å². The first-order valence-corrected chi connectivity index (χ1v) is 4.59. The van der Waals surface area contributed by atoms with Crippen LogP contribution < -0.4 is 0 Å². The normalized spacial score (nSPS) is 13.7. The quantitative estimate of drug-likeness (QED) is 0.468. The van der Waals surface area contributed by atoms with Crippen molar-refractivity contribution in [2.45, 2.75) is 38.8 Å². The zero-order chi connectivity index (χ0) is 7.11. The van der Waals surface area contributed by atoms with Gasteiger partial charge in [-0.3, -0.25) is 0 Å². The lowest BCUT2D eigenvalue weighted by molar-refractivity contribution is 0.331. The van der Waals surface area contributed by atoms with Crippen LogP contribution in [0.25, 0.3) is 0 Å². The SMILES string of the molecule is CC(F)CCCCCBr. The maximum atomic E-state index is 12.1. The molecule has 0 aromatic carbocycles. The van der Waals surface area contributed by atoms with E-state index in [2.05, 4.69) is 15.9 Å². The minimum atomic E-state index is -0.611. The number of unbranched alkanes of at least 4 members (excludes halogenated alkanes) is 2. The van der Waals surface area contributed by atoms with E-state index in [4.69, 9.17) is 0 Å². The minimum absolute atomic E-state index is 0.611. The van der Waals surface area contributed by atoms with Crippen LogP contribution in [0.2, 0.25) is 0 Å². The zero-order valence-electron chi connectivity index (χ0n) is 5.87. The molecule has 0 amide bonds. The van der Waals surface area contributed by atoms with Gasteiger partial charge in [0.2, 0.25) is 0 Å². The first-order valence-electron chi connectivity index (χ1n) is 3.47. The van der Waals surface area contributed by atoms with Crippen LogP contribution in [0.1, 0.15) is 32.6 Å². The molecular formula is C7H14BrF. The lowest BCUT2D eigenvalue weighted by Gasteiger charge is -1.98.